The van der Waals surface area contributed by atoms with Gasteiger partial charge in [-0.2, -0.15) is 0 Å². The van der Waals surface area contributed by atoms with Crippen molar-refractivity contribution >= 4 is 28.4 Å². The molecule has 0 aliphatic carbocycles. The molecule has 0 spiro atoms. The number of rotatable bonds is 8. The van der Waals surface area contributed by atoms with E-state index in [9.17, 15) is 0 Å². The molecule has 1 aliphatic rings. The van der Waals surface area contributed by atoms with Gasteiger partial charge in [-0.3, -0.25) is 4.90 Å². The Morgan fingerprint density at radius 1 is 1.10 bits per heavy atom. The summed E-state index contributed by atoms with van der Waals surface area (Å²) in [4.78, 5) is 19.1. The van der Waals surface area contributed by atoms with E-state index in [2.05, 4.69) is 30.2 Å². The number of hydrogen-bond acceptors (Lipinski definition) is 10. The Kier molecular flexibility index (Phi) is 6.35. The van der Waals surface area contributed by atoms with Gasteiger partial charge in [0.25, 0.3) is 0 Å². The fraction of sp³-hybridized carbons (Fsp3) is 0.400. The number of nitrogen functional groups attached to an aromatic ring is 1. The van der Waals surface area contributed by atoms with Crippen molar-refractivity contribution in [1.82, 2.24) is 24.8 Å². The number of nitrogens with zero attached hydrogens (tertiary/aromatic N) is 5. The van der Waals surface area contributed by atoms with E-state index in [1.54, 1.807) is 19.5 Å². The standard InChI is InChI=1S/C20H25N7O3/c1-28-17-9-15-16(10-18(17)30-6-2-3-27-4-7-29-8-5-27)24-13-25-19(15)26-14-11-22-20(21)23-12-14/h9-13H,2-8H2,1H3,(H2,21,22,23)(H,24,25,26). The van der Waals surface area contributed by atoms with Gasteiger partial charge in [0.2, 0.25) is 5.95 Å². The first-order valence-electron chi connectivity index (χ1n) is 9.83. The first kappa shape index (κ1) is 20.0. The highest BCUT2D eigenvalue weighted by Gasteiger charge is 2.13. The van der Waals surface area contributed by atoms with Gasteiger partial charge in [0.05, 0.1) is 50.5 Å². The van der Waals surface area contributed by atoms with Crippen LogP contribution < -0.4 is 20.5 Å². The Hall–Kier alpha value is -3.24. The van der Waals surface area contributed by atoms with Crippen molar-refractivity contribution < 1.29 is 14.2 Å². The molecular weight excluding hydrogens is 386 g/mol. The SMILES string of the molecule is COc1cc2c(Nc3cnc(N)nc3)ncnc2cc1OCCCN1CCOCC1. The largest absolute Gasteiger partial charge is 0.493 e. The van der Waals surface area contributed by atoms with Crippen LogP contribution in [0.5, 0.6) is 11.5 Å². The highest BCUT2D eigenvalue weighted by atomic mass is 16.5. The minimum absolute atomic E-state index is 0.213. The predicted octanol–water partition coefficient (Wildman–Crippen LogP) is 1.86. The van der Waals surface area contributed by atoms with Gasteiger partial charge in [-0.15, -0.1) is 0 Å². The van der Waals surface area contributed by atoms with Crippen LogP contribution in [-0.4, -0.2) is 71.4 Å². The Labute approximate surface area is 174 Å². The molecule has 0 atom stereocenters. The second kappa shape index (κ2) is 9.51. The minimum atomic E-state index is 0.213. The van der Waals surface area contributed by atoms with Crippen molar-refractivity contribution in [1.29, 1.82) is 0 Å². The van der Waals surface area contributed by atoms with Crippen molar-refractivity contribution in [3.63, 3.8) is 0 Å². The molecule has 158 valence electrons. The number of nitrogens with one attached hydrogen (secondary N) is 1. The number of hydrogen-bond donors (Lipinski definition) is 2. The number of nitrogens with two attached hydrogens (primary N) is 1. The van der Waals surface area contributed by atoms with Crippen LogP contribution in [0, 0.1) is 0 Å². The first-order valence-corrected chi connectivity index (χ1v) is 9.83. The van der Waals surface area contributed by atoms with Crippen molar-refractivity contribution in [2.24, 2.45) is 0 Å². The quantitative estimate of drug-likeness (QED) is 0.531. The first-order chi connectivity index (χ1) is 14.7. The van der Waals surface area contributed by atoms with E-state index in [0.717, 1.165) is 50.2 Å². The zero-order valence-electron chi connectivity index (χ0n) is 16.9. The molecule has 0 saturated carbocycles. The Morgan fingerprint density at radius 3 is 2.67 bits per heavy atom. The summed E-state index contributed by atoms with van der Waals surface area (Å²) in [6.07, 6.45) is 5.62. The summed E-state index contributed by atoms with van der Waals surface area (Å²) in [5.41, 5.74) is 6.96. The van der Waals surface area contributed by atoms with E-state index < -0.39 is 0 Å². The highest BCUT2D eigenvalue weighted by Crippen LogP contribution is 2.34. The van der Waals surface area contributed by atoms with Crippen LogP contribution >= 0.6 is 0 Å². The van der Waals surface area contributed by atoms with Crippen LogP contribution in [0.1, 0.15) is 6.42 Å². The molecule has 0 radical (unpaired) electrons. The number of benzene rings is 1. The summed E-state index contributed by atoms with van der Waals surface area (Å²) >= 11 is 0. The van der Waals surface area contributed by atoms with E-state index in [4.69, 9.17) is 19.9 Å². The van der Waals surface area contributed by atoms with Crippen LogP contribution in [0.2, 0.25) is 0 Å². The summed E-state index contributed by atoms with van der Waals surface area (Å²) in [5.74, 6) is 2.11. The van der Waals surface area contributed by atoms with Crippen molar-refractivity contribution in [3.05, 3.63) is 30.9 Å². The molecule has 10 nitrogen and oxygen atoms in total. The monoisotopic (exact) mass is 411 g/mol. The summed E-state index contributed by atoms with van der Waals surface area (Å²) in [6.45, 7) is 5.14. The third-order valence-corrected chi connectivity index (χ3v) is 4.84. The molecule has 0 unspecified atom stereocenters. The van der Waals surface area contributed by atoms with Crippen molar-refractivity contribution in [2.75, 3.05) is 57.6 Å². The maximum absolute atomic E-state index is 6.00. The smallest absolute Gasteiger partial charge is 0.220 e. The van der Waals surface area contributed by atoms with Crippen molar-refractivity contribution in [3.8, 4) is 11.5 Å². The fourth-order valence-electron chi connectivity index (χ4n) is 3.27. The molecular formula is C20H25N7O3. The maximum Gasteiger partial charge on any atom is 0.220 e. The molecule has 2 aromatic heterocycles. The maximum atomic E-state index is 6.00. The van der Waals surface area contributed by atoms with E-state index in [0.29, 0.717) is 29.6 Å². The van der Waals surface area contributed by atoms with Crippen LogP contribution in [0.4, 0.5) is 17.5 Å². The number of fused-ring (bicyclic) bond motifs is 1. The van der Waals surface area contributed by atoms with Gasteiger partial charge < -0.3 is 25.3 Å². The summed E-state index contributed by atoms with van der Waals surface area (Å²) < 4.78 is 16.9. The summed E-state index contributed by atoms with van der Waals surface area (Å²) in [5, 5.41) is 3.99. The lowest BCUT2D eigenvalue weighted by atomic mass is 10.2. The zero-order valence-corrected chi connectivity index (χ0v) is 16.9. The second-order valence-corrected chi connectivity index (χ2v) is 6.85. The molecule has 1 aromatic carbocycles. The lowest BCUT2D eigenvalue weighted by Crippen LogP contribution is -2.37. The van der Waals surface area contributed by atoms with Gasteiger partial charge in [-0.1, -0.05) is 0 Å². The van der Waals surface area contributed by atoms with Crippen LogP contribution in [0.15, 0.2) is 30.9 Å². The molecule has 1 fully saturated rings. The lowest BCUT2D eigenvalue weighted by molar-refractivity contribution is 0.0357. The third kappa shape index (κ3) is 4.84. The van der Waals surface area contributed by atoms with Crippen molar-refractivity contribution in [2.45, 2.75) is 6.42 Å². The number of morpholine rings is 1. The molecule has 3 heterocycles. The normalized spacial score (nSPS) is 14.6. The topological polar surface area (TPSA) is 121 Å². The Balaban J connectivity index is 1.47. The summed E-state index contributed by atoms with van der Waals surface area (Å²) in [6, 6.07) is 3.74. The molecule has 1 aliphatic heterocycles. The van der Waals surface area contributed by atoms with Gasteiger partial charge in [-0.05, 0) is 12.5 Å². The van der Waals surface area contributed by atoms with Gasteiger partial charge >= 0.3 is 0 Å². The molecule has 0 bridgehead atoms. The number of aromatic nitrogens is 4. The molecule has 30 heavy (non-hydrogen) atoms. The number of ether oxygens (including phenoxy) is 3. The number of anilines is 3. The molecule has 3 N–H and O–H groups in total. The molecule has 3 aromatic rings. The average molecular weight is 411 g/mol. The van der Waals surface area contributed by atoms with E-state index >= 15 is 0 Å². The lowest BCUT2D eigenvalue weighted by Gasteiger charge is -2.26. The third-order valence-electron chi connectivity index (χ3n) is 4.84. The molecule has 0 amide bonds. The van der Waals surface area contributed by atoms with Gasteiger partial charge in [0.15, 0.2) is 11.5 Å². The average Bonchev–Trinajstić information content (AvgIpc) is 2.78. The van der Waals surface area contributed by atoms with Crippen LogP contribution in [0.25, 0.3) is 10.9 Å². The minimum Gasteiger partial charge on any atom is -0.493 e. The summed E-state index contributed by atoms with van der Waals surface area (Å²) in [7, 11) is 1.62. The molecule has 1 saturated heterocycles. The van der Waals surface area contributed by atoms with Gasteiger partial charge in [-0.25, -0.2) is 19.9 Å². The van der Waals surface area contributed by atoms with Gasteiger partial charge in [0, 0.05) is 31.1 Å². The van der Waals surface area contributed by atoms with E-state index in [1.807, 2.05) is 12.1 Å². The highest BCUT2D eigenvalue weighted by molar-refractivity contribution is 5.92. The van der Waals surface area contributed by atoms with E-state index in [1.165, 1.54) is 6.33 Å². The molecule has 4 rings (SSSR count). The predicted molar refractivity (Wildman–Crippen MR) is 113 cm³/mol. The van der Waals surface area contributed by atoms with Crippen LogP contribution in [-0.2, 0) is 4.74 Å². The Morgan fingerprint density at radius 2 is 1.90 bits per heavy atom. The Bertz CT molecular complexity index is 978. The van der Waals surface area contributed by atoms with Gasteiger partial charge in [0.1, 0.15) is 12.1 Å². The zero-order chi connectivity index (χ0) is 20.8. The molecule has 10 heteroatoms. The second-order valence-electron chi connectivity index (χ2n) is 6.85. The fourth-order valence-corrected chi connectivity index (χ4v) is 3.27. The van der Waals surface area contributed by atoms with E-state index in [-0.39, 0.29) is 5.95 Å². The van der Waals surface area contributed by atoms with Crippen LogP contribution in [0.3, 0.4) is 0 Å². The number of methoxy groups -OCH3 is 1.